The molecule has 1 unspecified atom stereocenters. The van der Waals surface area contributed by atoms with Crippen LogP contribution in [0.2, 0.25) is 1.41 Å². The van der Waals surface area contributed by atoms with E-state index >= 15 is 0 Å². The van der Waals surface area contributed by atoms with Gasteiger partial charge in [-0.1, -0.05) is 18.1 Å². The Balaban J connectivity index is 2.73. The number of nitrogens with one attached hydrogen (secondary N) is 1. The molecule has 15 heavy (non-hydrogen) atoms. The van der Waals surface area contributed by atoms with Crippen LogP contribution in [0.4, 0.5) is 11.5 Å². The van der Waals surface area contributed by atoms with Gasteiger partial charge < -0.3 is 11.0 Å². The summed E-state index contributed by atoms with van der Waals surface area (Å²) in [6.07, 6.45) is -0.595. The summed E-state index contributed by atoms with van der Waals surface area (Å²) in [6.45, 7) is -1.41. The zero-order valence-electron chi connectivity index (χ0n) is 16.5. The highest BCUT2D eigenvalue weighted by molar-refractivity contribution is 5.55. The van der Waals surface area contributed by atoms with Crippen LogP contribution in [0.25, 0.3) is 0 Å². The molecule has 0 saturated heterocycles. The Kier molecular flexibility index (Phi) is 1.08. The lowest BCUT2D eigenvalue weighted by Gasteiger charge is -2.05. The summed E-state index contributed by atoms with van der Waals surface area (Å²) >= 11 is 0. The third kappa shape index (κ3) is 2.51. The zero-order valence-corrected chi connectivity index (χ0v) is 7.50. The summed E-state index contributed by atoms with van der Waals surface area (Å²) in [5.74, 6) is -0.832. The monoisotopic (exact) mass is 209 g/mol. The van der Waals surface area contributed by atoms with Gasteiger partial charge in [0.05, 0.1) is 17.5 Å². The third-order valence-corrected chi connectivity index (χ3v) is 1.41. The summed E-state index contributed by atoms with van der Waals surface area (Å²) in [5, 5.41) is 0.355. The highest BCUT2D eigenvalue weighted by Crippen LogP contribution is 2.12. The number of benzene rings is 1. The normalized spacial score (nSPS) is 20.5. The van der Waals surface area contributed by atoms with E-state index in [1.54, 1.807) is 0 Å². The molecule has 1 aromatic carbocycles. The Morgan fingerprint density at radius 3 is 2.93 bits per heavy atom. The van der Waals surface area contributed by atoms with E-state index in [-0.39, 0.29) is 5.82 Å². The lowest BCUT2D eigenvalue weighted by atomic mass is 10.3. The second kappa shape index (κ2) is 4.52. The van der Waals surface area contributed by atoms with E-state index in [2.05, 4.69) is 9.97 Å². The van der Waals surface area contributed by atoms with Crippen molar-refractivity contribution in [3.8, 4) is 0 Å². The number of hydrogen-bond donors (Lipinski definition) is 2. The van der Waals surface area contributed by atoms with Gasteiger partial charge in [-0.15, -0.1) is 0 Å². The molecule has 2 rings (SSSR count). The first-order valence-corrected chi connectivity index (χ1v) is 3.96. The third-order valence-electron chi connectivity index (χ3n) is 1.41. The Bertz CT molecular complexity index is 782. The van der Waals surface area contributed by atoms with Crippen LogP contribution in [0.3, 0.4) is 0 Å². The molecule has 0 radical (unpaired) electrons. The van der Waals surface area contributed by atoms with E-state index in [1.807, 2.05) is 0 Å². The van der Waals surface area contributed by atoms with Crippen LogP contribution in [0.1, 0.15) is 16.8 Å². The summed E-state index contributed by atoms with van der Waals surface area (Å²) in [4.78, 5) is 7.29. The van der Waals surface area contributed by atoms with Crippen LogP contribution in [0.5, 0.6) is 0 Å². The molecule has 0 spiro atoms. The van der Waals surface area contributed by atoms with Gasteiger partial charge in [-0.25, -0.2) is 9.97 Å². The molecular weight excluding hydrogens is 188 g/mol. The van der Waals surface area contributed by atoms with E-state index in [9.17, 15) is 0 Å². The average Bonchev–Trinajstić information content (AvgIpc) is 2.53. The predicted octanol–water partition coefficient (Wildman–Crippen LogP) is 1.68. The Morgan fingerprint density at radius 2 is 2.20 bits per heavy atom. The van der Waals surface area contributed by atoms with Crippen molar-refractivity contribution in [2.75, 3.05) is 5.31 Å². The van der Waals surface area contributed by atoms with Gasteiger partial charge in [0.15, 0.2) is 1.41 Å². The van der Waals surface area contributed by atoms with Gasteiger partial charge >= 0.3 is 0 Å². The summed E-state index contributed by atoms with van der Waals surface area (Å²) in [7, 11) is 0. The maximum atomic E-state index is 8.04. The SMILES string of the molecule is [2H]c1nc(C([2H])N)nc(N([2H])c2c([2H])c([2H])c([2H])c([2H])c2[2H])c1[2H]. The molecular formula is C11H12N4. The van der Waals surface area contributed by atoms with E-state index in [0.717, 1.165) is 0 Å². The second-order valence-electron chi connectivity index (χ2n) is 2.39. The minimum Gasteiger partial charge on any atom is -0.340 e. The van der Waals surface area contributed by atoms with Crippen molar-refractivity contribution < 1.29 is 12.4 Å². The lowest BCUT2D eigenvalue weighted by Crippen LogP contribution is -2.04. The van der Waals surface area contributed by atoms with Crippen molar-refractivity contribution in [1.82, 2.24) is 9.97 Å². The molecule has 0 aliphatic carbocycles. The van der Waals surface area contributed by atoms with E-state index in [1.165, 1.54) is 0 Å². The molecule has 0 aliphatic heterocycles. The Labute approximate surface area is 101 Å². The Hall–Kier alpha value is -1.94. The van der Waals surface area contributed by atoms with Crippen molar-refractivity contribution in [3.63, 3.8) is 0 Å². The largest absolute Gasteiger partial charge is 0.340 e. The number of nitrogens with two attached hydrogens (primary N) is 1. The smallest absolute Gasteiger partial charge is 0.168 e. The van der Waals surface area contributed by atoms with Crippen LogP contribution in [-0.2, 0) is 6.52 Å². The second-order valence-corrected chi connectivity index (χ2v) is 2.39. The highest BCUT2D eigenvalue weighted by atomic mass is 15.0. The topological polar surface area (TPSA) is 63.8 Å². The average molecular weight is 209 g/mol. The van der Waals surface area contributed by atoms with Crippen molar-refractivity contribution >= 4 is 11.5 Å². The van der Waals surface area contributed by atoms with Crippen molar-refractivity contribution in [2.24, 2.45) is 5.73 Å². The molecule has 1 aromatic heterocycles. The summed E-state index contributed by atoms with van der Waals surface area (Å²) < 4.78 is 69.2. The lowest BCUT2D eigenvalue weighted by molar-refractivity contribution is 0.912. The molecule has 2 aromatic rings. The number of para-hydroxylation sites is 1. The van der Waals surface area contributed by atoms with Gasteiger partial charge in [-0.05, 0) is 18.1 Å². The van der Waals surface area contributed by atoms with Crippen molar-refractivity contribution in [1.29, 1.82) is 0 Å². The van der Waals surface area contributed by atoms with Gasteiger partial charge in [-0.2, -0.15) is 0 Å². The van der Waals surface area contributed by atoms with E-state index < -0.39 is 60.5 Å². The van der Waals surface area contributed by atoms with Crippen LogP contribution in [0.15, 0.2) is 42.4 Å². The molecule has 4 nitrogen and oxygen atoms in total. The molecule has 76 valence electrons. The highest BCUT2D eigenvalue weighted by Gasteiger charge is 1.97. The maximum absolute atomic E-state index is 8.04. The summed E-state index contributed by atoms with van der Waals surface area (Å²) in [5.41, 5.74) is 4.80. The molecule has 1 heterocycles. The first-order valence-electron chi connectivity index (χ1n) is 8.49. The molecule has 0 aliphatic rings. The minimum absolute atomic E-state index is 0.324. The Morgan fingerprint density at radius 1 is 1.40 bits per heavy atom. The maximum Gasteiger partial charge on any atom is 0.168 e. The van der Waals surface area contributed by atoms with Gasteiger partial charge in [0.25, 0.3) is 0 Å². The zero-order chi connectivity index (χ0) is 18.3. The van der Waals surface area contributed by atoms with Crippen LogP contribution >= 0.6 is 0 Å². The van der Waals surface area contributed by atoms with Crippen LogP contribution in [-0.4, -0.2) is 9.97 Å². The fraction of sp³-hybridized carbons (Fsp3) is 0.0909. The van der Waals surface area contributed by atoms with Crippen LogP contribution < -0.4 is 11.0 Å². The van der Waals surface area contributed by atoms with Crippen molar-refractivity contribution in [3.05, 3.63) is 48.3 Å². The van der Waals surface area contributed by atoms with Gasteiger partial charge in [0.2, 0.25) is 0 Å². The molecule has 3 N–H and O–H groups in total. The number of nitrogens with zero attached hydrogens (tertiary/aromatic N) is 2. The molecule has 4 heteroatoms. The predicted molar refractivity (Wildman–Crippen MR) is 59.6 cm³/mol. The first kappa shape index (κ1) is 3.57. The van der Waals surface area contributed by atoms with Gasteiger partial charge in [0, 0.05) is 11.9 Å². The fourth-order valence-electron chi connectivity index (χ4n) is 0.829. The summed E-state index contributed by atoms with van der Waals surface area (Å²) in [6, 6.07) is -3.82. The van der Waals surface area contributed by atoms with Crippen LogP contribution in [0, 0.1) is 0 Å². The molecule has 0 amide bonds. The molecule has 0 fully saturated rings. The minimum atomic E-state index is -1.41. The molecule has 0 bridgehead atoms. The van der Waals surface area contributed by atoms with Gasteiger partial charge in [0.1, 0.15) is 11.6 Å². The number of hydrogen-bond acceptors (Lipinski definition) is 4. The number of anilines is 2. The van der Waals surface area contributed by atoms with E-state index in [4.69, 9.17) is 18.1 Å². The fourth-order valence-corrected chi connectivity index (χ4v) is 0.829. The van der Waals surface area contributed by atoms with Crippen molar-refractivity contribution in [2.45, 2.75) is 6.52 Å². The molecule has 0 saturated carbocycles. The quantitative estimate of drug-likeness (QED) is 0.807. The van der Waals surface area contributed by atoms with Gasteiger partial charge in [-0.3, -0.25) is 0 Å². The number of aromatic nitrogens is 2. The standard InChI is InChI=1S/C11H12N4/c12-8-11-13-7-6-10(15-11)14-9-4-2-1-3-5-9/h1-7H,8,12H2,(H,13,14,15)/i1D,2D,3D,4D,5D,6D,7D,8D/hD. The molecule has 1 atom stereocenters. The number of rotatable bonds is 3. The first-order chi connectivity index (χ1) is 11.1. The van der Waals surface area contributed by atoms with E-state index in [0.29, 0.717) is 5.31 Å².